The van der Waals surface area contributed by atoms with Crippen molar-refractivity contribution in [3.8, 4) is 0 Å². The monoisotopic (exact) mass is 244 g/mol. The van der Waals surface area contributed by atoms with Crippen LogP contribution in [0.15, 0.2) is 24.5 Å². The van der Waals surface area contributed by atoms with Gasteiger partial charge in [-0.1, -0.05) is 0 Å². The highest BCUT2D eigenvalue weighted by molar-refractivity contribution is 5.97. The maximum Gasteiger partial charge on any atom is 0.251 e. The van der Waals surface area contributed by atoms with E-state index >= 15 is 0 Å². The number of H-pyrrole nitrogens is 1. The molecule has 0 spiro atoms. The van der Waals surface area contributed by atoms with E-state index in [1.165, 1.54) is 0 Å². The van der Waals surface area contributed by atoms with E-state index in [9.17, 15) is 4.79 Å². The molecule has 0 aliphatic carbocycles. The molecule has 1 aliphatic rings. The molecule has 1 aliphatic heterocycles. The number of nitrogens with one attached hydrogen (secondary N) is 3. The lowest BCUT2D eigenvalue weighted by Gasteiger charge is -2.23. The summed E-state index contributed by atoms with van der Waals surface area (Å²) < 4.78 is 0. The van der Waals surface area contributed by atoms with E-state index in [0.29, 0.717) is 5.56 Å². The molecule has 1 saturated heterocycles. The number of rotatable bonds is 2. The van der Waals surface area contributed by atoms with E-state index in [4.69, 9.17) is 0 Å². The van der Waals surface area contributed by atoms with E-state index in [1.54, 1.807) is 6.33 Å². The second-order valence-corrected chi connectivity index (χ2v) is 4.65. The Hall–Kier alpha value is -1.88. The SMILES string of the molecule is O=C(NC1CCCNC1)c1ccc2nc[nH]c2c1. The summed E-state index contributed by atoms with van der Waals surface area (Å²) >= 11 is 0. The predicted molar refractivity (Wildman–Crippen MR) is 69.5 cm³/mol. The summed E-state index contributed by atoms with van der Waals surface area (Å²) in [6.07, 6.45) is 3.80. The first kappa shape index (κ1) is 11.2. The van der Waals surface area contributed by atoms with Crippen LogP contribution in [-0.2, 0) is 0 Å². The number of imidazole rings is 1. The number of hydrogen-bond donors (Lipinski definition) is 3. The third kappa shape index (κ3) is 2.22. The minimum atomic E-state index is -0.0137. The van der Waals surface area contributed by atoms with Crippen LogP contribution in [0, 0.1) is 0 Å². The van der Waals surface area contributed by atoms with Gasteiger partial charge in [-0.2, -0.15) is 0 Å². The lowest BCUT2D eigenvalue weighted by molar-refractivity contribution is 0.0931. The smallest absolute Gasteiger partial charge is 0.251 e. The number of piperidine rings is 1. The Morgan fingerprint density at radius 2 is 2.39 bits per heavy atom. The van der Waals surface area contributed by atoms with Gasteiger partial charge in [-0.3, -0.25) is 4.79 Å². The van der Waals surface area contributed by atoms with Crippen molar-refractivity contribution in [2.24, 2.45) is 0 Å². The molecule has 0 radical (unpaired) electrons. The lowest BCUT2D eigenvalue weighted by atomic mass is 10.1. The normalized spacial score (nSPS) is 19.9. The predicted octanol–water partition coefficient (Wildman–Crippen LogP) is 1.04. The van der Waals surface area contributed by atoms with E-state index < -0.39 is 0 Å². The first-order valence-electron chi connectivity index (χ1n) is 6.27. The van der Waals surface area contributed by atoms with Gasteiger partial charge in [0.2, 0.25) is 0 Å². The molecule has 1 aromatic heterocycles. The maximum absolute atomic E-state index is 12.1. The average molecular weight is 244 g/mol. The first-order chi connectivity index (χ1) is 8.83. The van der Waals surface area contributed by atoms with Gasteiger partial charge in [0, 0.05) is 18.2 Å². The third-order valence-corrected chi connectivity index (χ3v) is 3.31. The Morgan fingerprint density at radius 3 is 3.22 bits per heavy atom. The Morgan fingerprint density at radius 1 is 1.44 bits per heavy atom. The topological polar surface area (TPSA) is 69.8 Å². The highest BCUT2D eigenvalue weighted by Crippen LogP contribution is 2.12. The lowest BCUT2D eigenvalue weighted by Crippen LogP contribution is -2.45. The average Bonchev–Trinajstić information content (AvgIpc) is 2.87. The van der Waals surface area contributed by atoms with Crippen molar-refractivity contribution < 1.29 is 4.79 Å². The highest BCUT2D eigenvalue weighted by Gasteiger charge is 2.16. The fraction of sp³-hybridized carbons (Fsp3) is 0.385. The zero-order chi connectivity index (χ0) is 12.4. The summed E-state index contributed by atoms with van der Waals surface area (Å²) in [7, 11) is 0. The molecular weight excluding hydrogens is 228 g/mol. The second kappa shape index (κ2) is 4.78. The molecule has 3 rings (SSSR count). The van der Waals surface area contributed by atoms with Crippen LogP contribution in [0.2, 0.25) is 0 Å². The number of carbonyl (C=O) groups is 1. The molecule has 1 aromatic carbocycles. The van der Waals surface area contributed by atoms with Crippen molar-refractivity contribution >= 4 is 16.9 Å². The molecule has 18 heavy (non-hydrogen) atoms. The van der Waals surface area contributed by atoms with E-state index in [0.717, 1.165) is 37.0 Å². The zero-order valence-corrected chi connectivity index (χ0v) is 10.1. The van der Waals surface area contributed by atoms with Crippen molar-refractivity contribution in [3.63, 3.8) is 0 Å². The van der Waals surface area contributed by atoms with E-state index in [2.05, 4.69) is 20.6 Å². The Bertz CT molecular complexity index is 557. The molecule has 94 valence electrons. The van der Waals surface area contributed by atoms with Gasteiger partial charge in [-0.25, -0.2) is 4.98 Å². The summed E-state index contributed by atoms with van der Waals surface area (Å²) in [5.74, 6) is -0.0137. The maximum atomic E-state index is 12.1. The Kier molecular flexibility index (Phi) is 2.98. The Labute approximate surface area is 105 Å². The Balaban J connectivity index is 1.74. The van der Waals surface area contributed by atoms with Gasteiger partial charge in [0.05, 0.1) is 17.4 Å². The molecule has 1 atom stereocenters. The minimum absolute atomic E-state index is 0.0137. The van der Waals surface area contributed by atoms with Gasteiger partial charge in [0.25, 0.3) is 5.91 Å². The molecule has 2 aromatic rings. The van der Waals surface area contributed by atoms with Crippen LogP contribution in [-0.4, -0.2) is 35.0 Å². The summed E-state index contributed by atoms with van der Waals surface area (Å²) in [5.41, 5.74) is 2.45. The number of nitrogens with zero attached hydrogens (tertiary/aromatic N) is 1. The summed E-state index contributed by atoms with van der Waals surface area (Å²) in [5, 5.41) is 6.34. The molecular formula is C13H16N4O. The van der Waals surface area contributed by atoms with E-state index in [1.807, 2.05) is 18.2 Å². The number of fused-ring (bicyclic) bond motifs is 1. The number of aromatic amines is 1. The molecule has 2 heterocycles. The van der Waals surface area contributed by atoms with Crippen molar-refractivity contribution in [2.75, 3.05) is 13.1 Å². The van der Waals surface area contributed by atoms with Gasteiger partial charge in [0.15, 0.2) is 0 Å². The number of hydrogen-bond acceptors (Lipinski definition) is 3. The summed E-state index contributed by atoms with van der Waals surface area (Å²) in [6, 6.07) is 5.76. The van der Waals surface area contributed by atoms with Crippen LogP contribution < -0.4 is 10.6 Å². The largest absolute Gasteiger partial charge is 0.348 e. The first-order valence-corrected chi connectivity index (χ1v) is 6.27. The number of aromatic nitrogens is 2. The molecule has 1 unspecified atom stereocenters. The van der Waals surface area contributed by atoms with Gasteiger partial charge in [0.1, 0.15) is 0 Å². The summed E-state index contributed by atoms with van der Waals surface area (Å²) in [6.45, 7) is 1.91. The van der Waals surface area contributed by atoms with Gasteiger partial charge < -0.3 is 15.6 Å². The molecule has 5 heteroatoms. The van der Waals surface area contributed by atoms with Crippen LogP contribution in [0.1, 0.15) is 23.2 Å². The van der Waals surface area contributed by atoms with Crippen molar-refractivity contribution in [2.45, 2.75) is 18.9 Å². The van der Waals surface area contributed by atoms with Crippen LogP contribution in [0.25, 0.3) is 11.0 Å². The molecule has 0 bridgehead atoms. The minimum Gasteiger partial charge on any atom is -0.348 e. The zero-order valence-electron chi connectivity index (χ0n) is 10.1. The van der Waals surface area contributed by atoms with Crippen molar-refractivity contribution in [1.82, 2.24) is 20.6 Å². The van der Waals surface area contributed by atoms with Crippen LogP contribution in [0.3, 0.4) is 0 Å². The number of carbonyl (C=O) groups excluding carboxylic acids is 1. The van der Waals surface area contributed by atoms with Crippen molar-refractivity contribution in [1.29, 1.82) is 0 Å². The standard InChI is InChI=1S/C13H16N4O/c18-13(17-10-2-1-5-14-7-10)9-3-4-11-12(6-9)16-8-15-11/h3-4,6,8,10,14H,1-2,5,7H2,(H,15,16)(H,17,18). The summed E-state index contributed by atoms with van der Waals surface area (Å²) in [4.78, 5) is 19.3. The van der Waals surface area contributed by atoms with E-state index in [-0.39, 0.29) is 11.9 Å². The molecule has 1 amide bonds. The number of amides is 1. The van der Waals surface area contributed by atoms with Gasteiger partial charge in [-0.15, -0.1) is 0 Å². The molecule has 1 fully saturated rings. The fourth-order valence-corrected chi connectivity index (χ4v) is 2.32. The third-order valence-electron chi connectivity index (χ3n) is 3.31. The fourth-order valence-electron chi connectivity index (χ4n) is 2.32. The molecule has 3 N–H and O–H groups in total. The van der Waals surface area contributed by atoms with Crippen LogP contribution in [0.4, 0.5) is 0 Å². The van der Waals surface area contributed by atoms with Gasteiger partial charge >= 0.3 is 0 Å². The van der Waals surface area contributed by atoms with Crippen molar-refractivity contribution in [3.05, 3.63) is 30.1 Å². The second-order valence-electron chi connectivity index (χ2n) is 4.65. The van der Waals surface area contributed by atoms with Crippen LogP contribution in [0.5, 0.6) is 0 Å². The molecule has 0 saturated carbocycles. The number of benzene rings is 1. The quantitative estimate of drug-likeness (QED) is 0.739. The molecule has 5 nitrogen and oxygen atoms in total. The van der Waals surface area contributed by atoms with Crippen LogP contribution >= 0.6 is 0 Å². The highest BCUT2D eigenvalue weighted by atomic mass is 16.1. The van der Waals surface area contributed by atoms with Gasteiger partial charge in [-0.05, 0) is 37.6 Å².